The third-order valence-electron chi connectivity index (χ3n) is 9.35. The van der Waals surface area contributed by atoms with E-state index in [-0.39, 0.29) is 5.41 Å². The van der Waals surface area contributed by atoms with Crippen LogP contribution in [0.15, 0.2) is 11.6 Å². The van der Waals surface area contributed by atoms with Crippen LogP contribution in [0.3, 0.4) is 0 Å². The number of nitrogens with zero attached hydrogens (tertiary/aromatic N) is 1. The molecule has 2 nitrogen and oxygen atoms in total. The van der Waals surface area contributed by atoms with Crippen LogP contribution in [0.1, 0.15) is 72.1 Å². The molecular weight excluding hydrogens is 306 g/mol. The molecule has 4 aliphatic rings. The molecule has 0 bridgehead atoms. The molecular formula is C23H37NO. The van der Waals surface area contributed by atoms with Gasteiger partial charge in [0.05, 0.1) is 0 Å². The monoisotopic (exact) mass is 343 g/mol. The molecule has 0 amide bonds. The number of allylic oxidation sites excluding steroid dienone is 2. The van der Waals surface area contributed by atoms with Gasteiger partial charge in [-0.2, -0.15) is 0 Å². The molecule has 7 unspecified atom stereocenters. The quantitative estimate of drug-likeness (QED) is 0.651. The molecule has 0 aromatic carbocycles. The minimum Gasteiger partial charge on any atom is -0.306 e. The molecule has 25 heavy (non-hydrogen) atoms. The number of carbonyl (C=O) groups is 1. The van der Waals surface area contributed by atoms with Crippen LogP contribution in [-0.2, 0) is 4.79 Å². The number of fused-ring (bicyclic) bond motifs is 5. The zero-order valence-electron chi connectivity index (χ0n) is 17.0. The Morgan fingerprint density at radius 2 is 1.76 bits per heavy atom. The lowest BCUT2D eigenvalue weighted by molar-refractivity contribution is -0.131. The molecule has 0 N–H and O–H groups in total. The van der Waals surface area contributed by atoms with E-state index in [4.69, 9.17) is 0 Å². The van der Waals surface area contributed by atoms with E-state index in [1.165, 1.54) is 32.1 Å². The molecule has 0 saturated heterocycles. The predicted octanol–water partition coefficient (Wildman–Crippen LogP) is 5.08. The van der Waals surface area contributed by atoms with Crippen LogP contribution < -0.4 is 0 Å². The molecule has 0 radical (unpaired) electrons. The molecule has 0 aliphatic heterocycles. The van der Waals surface area contributed by atoms with Crippen molar-refractivity contribution in [1.82, 2.24) is 4.90 Å². The standard InChI is InChI=1S/C23H37NO/c1-15(24(4)5)16-10-12-22(2)17(14-16)6-7-18-19-8-9-21(25)23(19,3)13-11-20(18)22/h6,15-16,18-20H,7-14H2,1-5H3. The van der Waals surface area contributed by atoms with Gasteiger partial charge in [0.1, 0.15) is 5.78 Å². The maximum atomic E-state index is 12.5. The van der Waals surface area contributed by atoms with Crippen LogP contribution in [0.2, 0.25) is 0 Å². The summed E-state index contributed by atoms with van der Waals surface area (Å²) in [5.41, 5.74) is 2.20. The van der Waals surface area contributed by atoms with Crippen LogP contribution in [0.25, 0.3) is 0 Å². The summed E-state index contributed by atoms with van der Waals surface area (Å²) >= 11 is 0. The number of Topliss-reactive ketones (excluding diaryl/α,β-unsaturated/α-hetero) is 1. The number of carbonyl (C=O) groups excluding carboxylic acids is 1. The summed E-state index contributed by atoms with van der Waals surface area (Å²) < 4.78 is 0. The van der Waals surface area contributed by atoms with E-state index >= 15 is 0 Å². The summed E-state index contributed by atoms with van der Waals surface area (Å²) in [5, 5.41) is 0. The van der Waals surface area contributed by atoms with Gasteiger partial charge in [-0.05, 0) is 95.1 Å². The Kier molecular flexibility index (Phi) is 4.22. The van der Waals surface area contributed by atoms with Gasteiger partial charge in [0.15, 0.2) is 0 Å². The minimum absolute atomic E-state index is 0.0134. The topological polar surface area (TPSA) is 20.3 Å². The third kappa shape index (κ3) is 2.50. The van der Waals surface area contributed by atoms with Gasteiger partial charge in [0, 0.05) is 17.9 Å². The molecule has 140 valence electrons. The Morgan fingerprint density at radius 1 is 1.08 bits per heavy atom. The van der Waals surface area contributed by atoms with E-state index in [0.29, 0.717) is 23.2 Å². The summed E-state index contributed by atoms with van der Waals surface area (Å²) in [7, 11) is 4.45. The van der Waals surface area contributed by atoms with Crippen LogP contribution >= 0.6 is 0 Å². The van der Waals surface area contributed by atoms with Crippen molar-refractivity contribution in [2.24, 2.45) is 34.5 Å². The number of hydrogen-bond acceptors (Lipinski definition) is 2. The van der Waals surface area contributed by atoms with Crippen molar-refractivity contribution >= 4 is 5.78 Å². The van der Waals surface area contributed by atoms with E-state index in [9.17, 15) is 4.79 Å². The summed E-state index contributed by atoms with van der Waals surface area (Å²) in [6.45, 7) is 7.27. The number of ketones is 1. The van der Waals surface area contributed by atoms with Gasteiger partial charge in [-0.25, -0.2) is 0 Å². The van der Waals surface area contributed by atoms with E-state index in [0.717, 1.165) is 37.0 Å². The van der Waals surface area contributed by atoms with Crippen LogP contribution in [0.4, 0.5) is 0 Å². The second kappa shape index (κ2) is 5.94. The van der Waals surface area contributed by atoms with Crippen molar-refractivity contribution < 1.29 is 4.79 Å². The molecule has 0 spiro atoms. The minimum atomic E-state index is 0.0134. The zero-order chi connectivity index (χ0) is 18.0. The number of hydrogen-bond donors (Lipinski definition) is 0. The molecule has 7 atom stereocenters. The fourth-order valence-corrected chi connectivity index (χ4v) is 7.29. The molecule has 3 saturated carbocycles. The Balaban J connectivity index is 1.59. The molecule has 4 rings (SSSR count). The average Bonchev–Trinajstić information content (AvgIpc) is 2.88. The van der Waals surface area contributed by atoms with Gasteiger partial charge >= 0.3 is 0 Å². The Morgan fingerprint density at radius 3 is 2.48 bits per heavy atom. The van der Waals surface area contributed by atoms with Crippen LogP contribution in [-0.4, -0.2) is 30.8 Å². The summed E-state index contributed by atoms with van der Waals surface area (Å²) in [4.78, 5) is 14.9. The first-order chi connectivity index (χ1) is 11.8. The normalized spacial score (nSPS) is 47.8. The Hall–Kier alpha value is -0.630. The first-order valence-electron chi connectivity index (χ1n) is 10.7. The van der Waals surface area contributed by atoms with Gasteiger partial charge in [-0.1, -0.05) is 25.5 Å². The predicted molar refractivity (Wildman–Crippen MR) is 103 cm³/mol. The Labute approximate surface area is 154 Å². The SMILES string of the molecule is CC(C1CCC2(C)C(=CCC3C4CCC(=O)C4(C)CCC32)C1)N(C)C. The highest BCUT2D eigenvalue weighted by Crippen LogP contribution is 2.64. The zero-order valence-corrected chi connectivity index (χ0v) is 17.0. The molecule has 0 aromatic heterocycles. The lowest BCUT2D eigenvalue weighted by Crippen LogP contribution is -2.51. The molecule has 2 heteroatoms. The lowest BCUT2D eigenvalue weighted by Gasteiger charge is -2.57. The van der Waals surface area contributed by atoms with Gasteiger partial charge < -0.3 is 4.90 Å². The van der Waals surface area contributed by atoms with E-state index in [1.807, 2.05) is 0 Å². The van der Waals surface area contributed by atoms with Gasteiger partial charge in [-0.3, -0.25) is 4.79 Å². The van der Waals surface area contributed by atoms with Crippen molar-refractivity contribution in [3.63, 3.8) is 0 Å². The first kappa shape index (κ1) is 17.8. The van der Waals surface area contributed by atoms with E-state index in [1.54, 1.807) is 5.57 Å². The molecule has 0 heterocycles. The average molecular weight is 344 g/mol. The molecule has 3 fully saturated rings. The largest absolute Gasteiger partial charge is 0.306 e. The van der Waals surface area contributed by atoms with E-state index in [2.05, 4.69) is 45.8 Å². The van der Waals surface area contributed by atoms with Crippen molar-refractivity contribution in [1.29, 1.82) is 0 Å². The van der Waals surface area contributed by atoms with Gasteiger partial charge in [0.2, 0.25) is 0 Å². The van der Waals surface area contributed by atoms with Gasteiger partial charge in [0.25, 0.3) is 0 Å². The van der Waals surface area contributed by atoms with E-state index < -0.39 is 0 Å². The first-order valence-corrected chi connectivity index (χ1v) is 10.7. The Bertz CT molecular complexity index is 593. The summed E-state index contributed by atoms with van der Waals surface area (Å²) in [6.07, 6.45) is 12.4. The lowest BCUT2D eigenvalue weighted by atomic mass is 9.47. The van der Waals surface area contributed by atoms with Crippen molar-refractivity contribution in [3.8, 4) is 0 Å². The summed E-state index contributed by atoms with van der Waals surface area (Å²) in [6, 6.07) is 0.672. The van der Waals surface area contributed by atoms with Crippen molar-refractivity contribution in [3.05, 3.63) is 11.6 Å². The van der Waals surface area contributed by atoms with Crippen molar-refractivity contribution in [2.75, 3.05) is 14.1 Å². The number of rotatable bonds is 2. The molecule has 4 aliphatic carbocycles. The van der Waals surface area contributed by atoms with Gasteiger partial charge in [-0.15, -0.1) is 0 Å². The highest BCUT2D eigenvalue weighted by molar-refractivity contribution is 5.87. The van der Waals surface area contributed by atoms with Crippen molar-refractivity contribution in [2.45, 2.75) is 78.2 Å². The second-order valence-electron chi connectivity index (χ2n) is 10.4. The van der Waals surface area contributed by atoms with Crippen LogP contribution in [0, 0.1) is 34.5 Å². The maximum Gasteiger partial charge on any atom is 0.139 e. The fourth-order valence-electron chi connectivity index (χ4n) is 7.29. The smallest absolute Gasteiger partial charge is 0.139 e. The van der Waals surface area contributed by atoms with Crippen LogP contribution in [0.5, 0.6) is 0 Å². The third-order valence-corrected chi connectivity index (χ3v) is 9.35. The highest BCUT2D eigenvalue weighted by atomic mass is 16.1. The maximum absolute atomic E-state index is 12.5. The molecule has 0 aromatic rings. The summed E-state index contributed by atoms with van der Waals surface area (Å²) in [5.74, 6) is 3.63. The highest BCUT2D eigenvalue weighted by Gasteiger charge is 2.58. The second-order valence-corrected chi connectivity index (χ2v) is 10.4. The fraction of sp³-hybridized carbons (Fsp3) is 0.870.